The standard InChI is InChI=1S/C18H20N4O2S/c1-11-13(16(23)19-8-5-12-4-3-9-25-12)14-15(22-18(2)6-7-18)20-10-21-17(14)24-11/h3-4,9-10H,5-8H2,1-2H3,(H,19,23)(H,20,21,22). The van der Waals surface area contributed by atoms with E-state index >= 15 is 0 Å². The summed E-state index contributed by atoms with van der Waals surface area (Å²) in [5, 5.41) is 9.13. The molecule has 3 heterocycles. The molecule has 1 fully saturated rings. The lowest BCUT2D eigenvalue weighted by Gasteiger charge is -2.13. The van der Waals surface area contributed by atoms with Crippen molar-refractivity contribution in [3.63, 3.8) is 0 Å². The van der Waals surface area contributed by atoms with E-state index in [4.69, 9.17) is 4.42 Å². The summed E-state index contributed by atoms with van der Waals surface area (Å²) in [7, 11) is 0. The van der Waals surface area contributed by atoms with Crippen LogP contribution in [0.5, 0.6) is 0 Å². The van der Waals surface area contributed by atoms with Crippen molar-refractivity contribution in [3.05, 3.63) is 40.0 Å². The third kappa shape index (κ3) is 3.24. The van der Waals surface area contributed by atoms with Crippen LogP contribution in [0.2, 0.25) is 0 Å². The van der Waals surface area contributed by atoms with E-state index in [0.29, 0.717) is 34.8 Å². The van der Waals surface area contributed by atoms with Crippen LogP contribution in [0.25, 0.3) is 11.1 Å². The highest BCUT2D eigenvalue weighted by Gasteiger charge is 2.38. The van der Waals surface area contributed by atoms with E-state index in [1.165, 1.54) is 11.2 Å². The van der Waals surface area contributed by atoms with E-state index in [1.54, 1.807) is 18.3 Å². The number of aryl methyl sites for hydroxylation is 1. The maximum absolute atomic E-state index is 12.8. The first-order valence-corrected chi connectivity index (χ1v) is 9.27. The number of carbonyl (C=O) groups is 1. The van der Waals surface area contributed by atoms with Crippen LogP contribution in [0, 0.1) is 6.92 Å². The van der Waals surface area contributed by atoms with Crippen molar-refractivity contribution < 1.29 is 9.21 Å². The number of hydrogen-bond acceptors (Lipinski definition) is 6. The van der Waals surface area contributed by atoms with Gasteiger partial charge in [0.2, 0.25) is 5.71 Å². The minimum atomic E-state index is -0.147. The van der Waals surface area contributed by atoms with Gasteiger partial charge in [0.05, 0.1) is 10.9 Å². The van der Waals surface area contributed by atoms with Crippen LogP contribution in [0.1, 0.15) is 40.8 Å². The summed E-state index contributed by atoms with van der Waals surface area (Å²) in [6.07, 6.45) is 4.48. The van der Waals surface area contributed by atoms with Crippen LogP contribution in [0.3, 0.4) is 0 Å². The predicted molar refractivity (Wildman–Crippen MR) is 98.2 cm³/mol. The van der Waals surface area contributed by atoms with Gasteiger partial charge >= 0.3 is 0 Å². The highest BCUT2D eigenvalue weighted by molar-refractivity contribution is 7.09. The monoisotopic (exact) mass is 356 g/mol. The fourth-order valence-corrected chi connectivity index (χ4v) is 3.56. The van der Waals surface area contributed by atoms with Crippen molar-refractivity contribution in [2.75, 3.05) is 11.9 Å². The van der Waals surface area contributed by atoms with Crippen LogP contribution in [0.15, 0.2) is 28.3 Å². The number of rotatable bonds is 6. The zero-order valence-electron chi connectivity index (χ0n) is 14.3. The number of furan rings is 1. The molecule has 1 saturated carbocycles. The van der Waals surface area contributed by atoms with Gasteiger partial charge in [-0.1, -0.05) is 6.07 Å². The Bertz CT molecular complexity index is 913. The topological polar surface area (TPSA) is 80.1 Å². The summed E-state index contributed by atoms with van der Waals surface area (Å²) in [6.45, 7) is 4.52. The molecule has 0 saturated heterocycles. The molecule has 1 aliphatic carbocycles. The minimum absolute atomic E-state index is 0.0549. The largest absolute Gasteiger partial charge is 0.442 e. The molecule has 1 amide bonds. The van der Waals surface area contributed by atoms with E-state index in [9.17, 15) is 4.79 Å². The number of thiophene rings is 1. The summed E-state index contributed by atoms with van der Waals surface area (Å²) in [6, 6.07) is 4.09. The molecule has 3 aromatic heterocycles. The molecular weight excluding hydrogens is 336 g/mol. The summed E-state index contributed by atoms with van der Waals surface area (Å²) in [5.41, 5.74) is 1.02. The van der Waals surface area contributed by atoms with E-state index in [-0.39, 0.29) is 11.4 Å². The van der Waals surface area contributed by atoms with Gasteiger partial charge < -0.3 is 15.1 Å². The Kier molecular flexibility index (Phi) is 3.95. The highest BCUT2D eigenvalue weighted by Crippen LogP contribution is 2.40. The third-order valence-corrected chi connectivity index (χ3v) is 5.48. The lowest BCUT2D eigenvalue weighted by molar-refractivity contribution is 0.0954. The Balaban J connectivity index is 1.59. The fraction of sp³-hybridized carbons (Fsp3) is 0.389. The van der Waals surface area contributed by atoms with Gasteiger partial charge in [-0.15, -0.1) is 11.3 Å². The third-order valence-electron chi connectivity index (χ3n) is 4.55. The van der Waals surface area contributed by atoms with E-state index in [2.05, 4.69) is 33.6 Å². The Morgan fingerprint density at radius 2 is 2.24 bits per heavy atom. The van der Waals surface area contributed by atoms with Crippen LogP contribution in [-0.2, 0) is 6.42 Å². The van der Waals surface area contributed by atoms with Crippen LogP contribution in [-0.4, -0.2) is 28.0 Å². The molecule has 0 aliphatic heterocycles. The second kappa shape index (κ2) is 6.15. The quantitative estimate of drug-likeness (QED) is 0.706. The lowest BCUT2D eigenvalue weighted by atomic mass is 10.1. The average molecular weight is 356 g/mol. The number of nitrogens with zero attached hydrogens (tertiary/aromatic N) is 2. The van der Waals surface area contributed by atoms with Gasteiger partial charge in [0.1, 0.15) is 17.9 Å². The van der Waals surface area contributed by atoms with Gasteiger partial charge in [0.15, 0.2) is 0 Å². The Morgan fingerprint density at radius 3 is 2.96 bits per heavy atom. The first-order valence-electron chi connectivity index (χ1n) is 8.39. The molecule has 3 aromatic rings. The molecule has 0 spiro atoms. The van der Waals surface area contributed by atoms with E-state index in [0.717, 1.165) is 19.3 Å². The van der Waals surface area contributed by atoms with Gasteiger partial charge in [0, 0.05) is 17.0 Å². The summed E-state index contributed by atoms with van der Waals surface area (Å²) in [4.78, 5) is 22.5. The smallest absolute Gasteiger partial charge is 0.255 e. The maximum Gasteiger partial charge on any atom is 0.255 e. The fourth-order valence-electron chi connectivity index (χ4n) is 2.85. The first kappa shape index (κ1) is 16.1. The molecule has 0 radical (unpaired) electrons. The van der Waals surface area contributed by atoms with Crippen molar-refractivity contribution in [3.8, 4) is 0 Å². The van der Waals surface area contributed by atoms with Crippen molar-refractivity contribution in [2.24, 2.45) is 0 Å². The van der Waals surface area contributed by atoms with Gasteiger partial charge in [0.25, 0.3) is 5.91 Å². The molecule has 1 aliphatic rings. The van der Waals surface area contributed by atoms with E-state index in [1.807, 2.05) is 11.4 Å². The summed E-state index contributed by atoms with van der Waals surface area (Å²) < 4.78 is 5.70. The molecule has 0 aromatic carbocycles. The molecule has 7 heteroatoms. The highest BCUT2D eigenvalue weighted by atomic mass is 32.1. The Labute approximate surface area is 149 Å². The van der Waals surface area contributed by atoms with Gasteiger partial charge in [-0.3, -0.25) is 4.79 Å². The molecule has 25 heavy (non-hydrogen) atoms. The molecule has 0 bridgehead atoms. The van der Waals surface area contributed by atoms with Crippen LogP contribution in [0.4, 0.5) is 5.82 Å². The van der Waals surface area contributed by atoms with Crippen LogP contribution >= 0.6 is 11.3 Å². The predicted octanol–water partition coefficient (Wildman–Crippen LogP) is 3.53. The Morgan fingerprint density at radius 1 is 1.40 bits per heavy atom. The zero-order valence-corrected chi connectivity index (χ0v) is 15.1. The van der Waals surface area contributed by atoms with Crippen molar-refractivity contribution in [1.82, 2.24) is 15.3 Å². The molecule has 6 nitrogen and oxygen atoms in total. The number of aromatic nitrogens is 2. The number of hydrogen-bond donors (Lipinski definition) is 2. The number of carbonyl (C=O) groups excluding carboxylic acids is 1. The second-order valence-electron chi connectivity index (χ2n) is 6.71. The lowest BCUT2D eigenvalue weighted by Crippen LogP contribution is -2.26. The van der Waals surface area contributed by atoms with E-state index < -0.39 is 0 Å². The molecular formula is C18H20N4O2S. The molecule has 4 rings (SSSR count). The number of anilines is 1. The van der Waals surface area contributed by atoms with Crippen molar-refractivity contribution in [1.29, 1.82) is 0 Å². The van der Waals surface area contributed by atoms with Crippen LogP contribution < -0.4 is 10.6 Å². The van der Waals surface area contributed by atoms with Gasteiger partial charge in [-0.25, -0.2) is 9.97 Å². The maximum atomic E-state index is 12.8. The average Bonchev–Trinajstić information content (AvgIpc) is 2.99. The zero-order chi connectivity index (χ0) is 17.4. The van der Waals surface area contributed by atoms with Crippen molar-refractivity contribution >= 4 is 34.2 Å². The van der Waals surface area contributed by atoms with Gasteiger partial charge in [-0.2, -0.15) is 0 Å². The molecule has 0 unspecified atom stereocenters. The summed E-state index contributed by atoms with van der Waals surface area (Å²) >= 11 is 1.69. The Hall–Kier alpha value is -2.41. The van der Waals surface area contributed by atoms with Crippen molar-refractivity contribution in [2.45, 2.75) is 38.6 Å². The summed E-state index contributed by atoms with van der Waals surface area (Å²) in [5.74, 6) is 1.09. The number of amides is 1. The normalized spacial score (nSPS) is 15.3. The minimum Gasteiger partial charge on any atom is -0.442 e. The molecule has 2 N–H and O–H groups in total. The number of fused-ring (bicyclic) bond motifs is 1. The van der Waals surface area contributed by atoms with Gasteiger partial charge in [-0.05, 0) is 44.6 Å². The SMILES string of the molecule is Cc1oc2ncnc(NC3(C)CC3)c2c1C(=O)NCCc1cccs1. The molecule has 0 atom stereocenters. The number of nitrogens with one attached hydrogen (secondary N) is 2. The first-order chi connectivity index (χ1) is 12.1. The molecule has 130 valence electrons. The second-order valence-corrected chi connectivity index (χ2v) is 7.74.